The van der Waals surface area contributed by atoms with Gasteiger partial charge >= 0.3 is 0 Å². The van der Waals surface area contributed by atoms with Crippen molar-refractivity contribution in [2.24, 2.45) is 5.73 Å². The van der Waals surface area contributed by atoms with Gasteiger partial charge in [-0.15, -0.1) is 11.3 Å². The van der Waals surface area contributed by atoms with E-state index in [4.69, 9.17) is 11.5 Å². The minimum atomic E-state index is -0.756. The van der Waals surface area contributed by atoms with Gasteiger partial charge in [-0.05, 0) is 0 Å². The Hall–Kier alpha value is -0.940. The highest BCUT2D eigenvalue weighted by atomic mass is 32.1. The van der Waals surface area contributed by atoms with Crippen LogP contribution in [0.1, 0.15) is 11.7 Å². The molecule has 0 saturated carbocycles. The molecular formula is C5H6N3OS. The van der Waals surface area contributed by atoms with E-state index in [1.54, 1.807) is 11.7 Å². The van der Waals surface area contributed by atoms with Gasteiger partial charge < -0.3 is 11.5 Å². The number of carbonyl (C=O) groups excluding carboxylic acids is 1. The van der Waals surface area contributed by atoms with E-state index in [2.05, 4.69) is 4.98 Å². The number of nitrogens with two attached hydrogens (primary N) is 2. The van der Waals surface area contributed by atoms with Crippen LogP contribution in [0.4, 0.5) is 5.13 Å². The highest BCUT2D eigenvalue weighted by molar-refractivity contribution is 7.13. The van der Waals surface area contributed by atoms with Crippen molar-refractivity contribution in [3.63, 3.8) is 0 Å². The minimum absolute atomic E-state index is 0.417. The molecule has 0 aliphatic rings. The van der Waals surface area contributed by atoms with Gasteiger partial charge in [0.1, 0.15) is 6.04 Å². The fraction of sp³-hybridized carbons (Fsp3) is 0.200. The molecule has 1 atom stereocenters. The molecule has 0 bridgehead atoms. The van der Waals surface area contributed by atoms with E-state index < -0.39 is 6.04 Å². The highest BCUT2D eigenvalue weighted by Gasteiger charge is 2.07. The summed E-state index contributed by atoms with van der Waals surface area (Å²) in [6.45, 7) is 0. The Morgan fingerprint density at radius 2 is 2.50 bits per heavy atom. The van der Waals surface area contributed by atoms with Gasteiger partial charge in [-0.1, -0.05) is 0 Å². The first-order valence-corrected chi connectivity index (χ1v) is 3.46. The molecule has 0 aliphatic heterocycles. The normalized spacial score (nSPS) is 12.9. The van der Waals surface area contributed by atoms with Crippen LogP contribution in [-0.2, 0) is 4.79 Å². The standard InChI is InChI=1S/C5H6N3OS/c6-3(1-9)4-2-10-5(7)8-4/h2-3H,6H2,(H2,7,8). The van der Waals surface area contributed by atoms with Gasteiger partial charge in [-0.25, -0.2) is 4.98 Å². The van der Waals surface area contributed by atoms with Crippen molar-refractivity contribution >= 4 is 22.8 Å². The van der Waals surface area contributed by atoms with Crippen molar-refractivity contribution in [2.75, 3.05) is 5.73 Å². The third-order valence-corrected chi connectivity index (χ3v) is 1.68. The predicted octanol–water partition coefficient (Wildman–Crippen LogP) is -0.165. The summed E-state index contributed by atoms with van der Waals surface area (Å²) in [5, 5.41) is 2.06. The fourth-order valence-electron chi connectivity index (χ4n) is 0.504. The van der Waals surface area contributed by atoms with Crippen molar-refractivity contribution in [2.45, 2.75) is 6.04 Å². The zero-order valence-corrected chi connectivity index (χ0v) is 5.89. The van der Waals surface area contributed by atoms with Crippen molar-refractivity contribution in [1.29, 1.82) is 0 Å². The van der Waals surface area contributed by atoms with Gasteiger partial charge in [-0.3, -0.25) is 4.79 Å². The number of hydrogen-bond acceptors (Lipinski definition) is 5. The molecule has 0 aliphatic carbocycles. The molecule has 0 fully saturated rings. The van der Waals surface area contributed by atoms with Crippen LogP contribution < -0.4 is 11.5 Å². The lowest BCUT2D eigenvalue weighted by atomic mass is 10.3. The second-order valence-corrected chi connectivity index (χ2v) is 2.60. The number of thiazole rings is 1. The topological polar surface area (TPSA) is 82.0 Å². The van der Waals surface area contributed by atoms with Crippen molar-refractivity contribution in [3.8, 4) is 0 Å². The third kappa shape index (κ3) is 1.31. The lowest BCUT2D eigenvalue weighted by Gasteiger charge is -1.93. The minimum Gasteiger partial charge on any atom is -0.375 e. The Morgan fingerprint density at radius 1 is 1.80 bits per heavy atom. The number of hydrogen-bond donors (Lipinski definition) is 2. The number of aromatic nitrogens is 1. The molecule has 4 nitrogen and oxygen atoms in total. The predicted molar refractivity (Wildman–Crippen MR) is 39.1 cm³/mol. The van der Waals surface area contributed by atoms with Crippen LogP contribution in [0, 0.1) is 0 Å². The molecule has 4 N–H and O–H groups in total. The molecule has 10 heavy (non-hydrogen) atoms. The smallest absolute Gasteiger partial charge is 0.223 e. The maximum atomic E-state index is 9.99. The van der Waals surface area contributed by atoms with Crippen LogP contribution in [-0.4, -0.2) is 11.3 Å². The quantitative estimate of drug-likeness (QED) is 0.623. The van der Waals surface area contributed by atoms with E-state index in [1.165, 1.54) is 11.3 Å². The Bertz CT molecular complexity index is 235. The number of nitrogen functional groups attached to an aromatic ring is 1. The molecule has 0 saturated heterocycles. The zero-order valence-electron chi connectivity index (χ0n) is 5.07. The van der Waals surface area contributed by atoms with Crippen molar-refractivity contribution in [3.05, 3.63) is 11.1 Å². The molecule has 1 aromatic rings. The summed E-state index contributed by atoms with van der Waals surface area (Å²) < 4.78 is 0. The molecule has 53 valence electrons. The van der Waals surface area contributed by atoms with E-state index in [1.807, 2.05) is 0 Å². The highest BCUT2D eigenvalue weighted by Crippen LogP contribution is 2.14. The summed E-state index contributed by atoms with van der Waals surface area (Å²) in [5.74, 6) is 0. The molecule has 5 heteroatoms. The first-order valence-electron chi connectivity index (χ1n) is 2.58. The van der Waals surface area contributed by atoms with Crippen molar-refractivity contribution < 1.29 is 4.79 Å². The first kappa shape index (κ1) is 7.17. The van der Waals surface area contributed by atoms with Crippen LogP contribution in [0.25, 0.3) is 0 Å². The van der Waals surface area contributed by atoms with Crippen LogP contribution in [0.15, 0.2) is 5.38 Å². The molecule has 0 amide bonds. The Balaban J connectivity index is 2.84. The van der Waals surface area contributed by atoms with E-state index in [9.17, 15) is 4.79 Å². The Labute approximate surface area is 61.9 Å². The van der Waals surface area contributed by atoms with Gasteiger partial charge in [0.2, 0.25) is 6.29 Å². The zero-order chi connectivity index (χ0) is 7.56. The van der Waals surface area contributed by atoms with Gasteiger partial charge in [0.25, 0.3) is 0 Å². The number of rotatable bonds is 2. The SMILES string of the molecule is Nc1nc(C(N)[C]=O)cs1. The van der Waals surface area contributed by atoms with Crippen LogP contribution in [0.2, 0.25) is 0 Å². The molecule has 1 rings (SSSR count). The largest absolute Gasteiger partial charge is 0.375 e. The fourth-order valence-corrected chi connectivity index (χ4v) is 1.10. The summed E-state index contributed by atoms with van der Waals surface area (Å²) in [6, 6.07) is -0.756. The summed E-state index contributed by atoms with van der Waals surface area (Å²) >= 11 is 1.26. The lowest BCUT2D eigenvalue weighted by molar-refractivity contribution is 0.543. The van der Waals surface area contributed by atoms with Gasteiger partial charge in [0, 0.05) is 5.38 Å². The van der Waals surface area contributed by atoms with E-state index >= 15 is 0 Å². The van der Waals surface area contributed by atoms with Gasteiger partial charge in [0.05, 0.1) is 5.69 Å². The Morgan fingerprint density at radius 3 is 2.90 bits per heavy atom. The van der Waals surface area contributed by atoms with E-state index in [0.29, 0.717) is 10.8 Å². The second-order valence-electron chi connectivity index (χ2n) is 1.71. The Kier molecular flexibility index (Phi) is 1.98. The van der Waals surface area contributed by atoms with Crippen molar-refractivity contribution in [1.82, 2.24) is 4.98 Å². The van der Waals surface area contributed by atoms with Crippen LogP contribution in [0.5, 0.6) is 0 Å². The number of nitrogens with zero attached hydrogens (tertiary/aromatic N) is 1. The van der Waals surface area contributed by atoms with E-state index in [-0.39, 0.29) is 0 Å². The van der Waals surface area contributed by atoms with Crippen LogP contribution >= 0.6 is 11.3 Å². The lowest BCUT2D eigenvalue weighted by Crippen LogP contribution is -2.11. The molecule has 1 aromatic heterocycles. The summed E-state index contributed by atoms with van der Waals surface area (Å²) in [7, 11) is 0. The summed E-state index contributed by atoms with van der Waals surface area (Å²) in [5.41, 5.74) is 11.0. The maximum absolute atomic E-state index is 9.99. The average Bonchev–Trinajstić information content (AvgIpc) is 2.34. The van der Waals surface area contributed by atoms with Gasteiger partial charge in [0.15, 0.2) is 5.13 Å². The molecular weight excluding hydrogens is 150 g/mol. The molecule has 1 radical (unpaired) electrons. The molecule has 1 heterocycles. The first-order chi connectivity index (χ1) is 4.74. The number of anilines is 1. The van der Waals surface area contributed by atoms with Gasteiger partial charge in [-0.2, -0.15) is 0 Å². The third-order valence-electron chi connectivity index (χ3n) is 0.985. The summed E-state index contributed by atoms with van der Waals surface area (Å²) in [6.07, 6.45) is 1.61. The molecule has 0 spiro atoms. The molecule has 1 unspecified atom stereocenters. The monoisotopic (exact) mass is 156 g/mol. The second kappa shape index (κ2) is 2.76. The van der Waals surface area contributed by atoms with Crippen LogP contribution in [0.3, 0.4) is 0 Å². The average molecular weight is 156 g/mol. The molecule has 0 aromatic carbocycles. The summed E-state index contributed by atoms with van der Waals surface area (Å²) in [4.78, 5) is 13.8. The van der Waals surface area contributed by atoms with E-state index in [0.717, 1.165) is 0 Å². The maximum Gasteiger partial charge on any atom is 0.223 e.